The molecule has 2 aliphatic rings. The van der Waals surface area contributed by atoms with Gasteiger partial charge in [-0.15, -0.1) is 0 Å². The average molecular weight is 468 g/mol. The number of rotatable bonds is 3. The molecule has 2 aliphatic heterocycles. The first-order chi connectivity index (χ1) is 14.1. The molecule has 0 unspecified atom stereocenters. The van der Waals surface area contributed by atoms with Crippen LogP contribution in [0.15, 0.2) is 53.5 Å². The van der Waals surface area contributed by atoms with Crippen molar-refractivity contribution in [2.45, 2.75) is 54.1 Å². The Kier molecular flexibility index (Phi) is 5.50. The van der Waals surface area contributed by atoms with Crippen molar-refractivity contribution in [3.63, 3.8) is 0 Å². The highest BCUT2D eigenvalue weighted by molar-refractivity contribution is 6.68. The Morgan fingerprint density at radius 1 is 1.17 bits per heavy atom. The van der Waals surface area contributed by atoms with Gasteiger partial charge in [0.25, 0.3) is 6.04 Å². The number of halogens is 3. The molecule has 3 atom stereocenters. The number of hydrogen-bond acceptors (Lipinski definition) is 4. The second kappa shape index (κ2) is 7.70. The Morgan fingerprint density at radius 2 is 1.83 bits per heavy atom. The Labute approximate surface area is 190 Å². The van der Waals surface area contributed by atoms with Crippen molar-refractivity contribution >= 4 is 40.5 Å². The lowest BCUT2D eigenvalue weighted by Gasteiger charge is -2.38. The van der Waals surface area contributed by atoms with E-state index in [1.54, 1.807) is 12.1 Å². The van der Waals surface area contributed by atoms with Gasteiger partial charge >= 0.3 is 0 Å². The molecule has 0 fully saturated rings. The van der Waals surface area contributed by atoms with Gasteiger partial charge in [-0.1, -0.05) is 77.3 Å². The van der Waals surface area contributed by atoms with E-state index in [4.69, 9.17) is 44.5 Å². The van der Waals surface area contributed by atoms with Crippen molar-refractivity contribution in [3.8, 4) is 5.75 Å². The van der Waals surface area contributed by atoms with Crippen LogP contribution in [0, 0.1) is 10.1 Å². The minimum Gasteiger partial charge on any atom is -0.478 e. The molecule has 5 nitrogen and oxygen atoms in total. The highest BCUT2D eigenvalue weighted by atomic mass is 35.6. The van der Waals surface area contributed by atoms with Crippen LogP contribution in [0.1, 0.15) is 42.9 Å². The summed E-state index contributed by atoms with van der Waals surface area (Å²) in [6, 6.07) is 14.1. The van der Waals surface area contributed by atoms with Gasteiger partial charge in [0, 0.05) is 22.6 Å². The van der Waals surface area contributed by atoms with Gasteiger partial charge in [-0.25, -0.2) is 0 Å². The van der Waals surface area contributed by atoms with Crippen LogP contribution in [0.25, 0.3) is 0 Å². The zero-order valence-electron chi connectivity index (χ0n) is 16.5. The fourth-order valence-electron chi connectivity index (χ4n) is 4.50. The molecule has 8 heteroatoms. The molecule has 4 rings (SSSR count). The molecule has 2 aromatic rings. The maximum absolute atomic E-state index is 12.2. The Bertz CT molecular complexity index is 1020. The molecule has 0 bridgehead atoms. The highest BCUT2D eigenvalue weighted by Gasteiger charge is 2.55. The van der Waals surface area contributed by atoms with Crippen LogP contribution in [-0.2, 0) is 6.42 Å². The highest BCUT2D eigenvalue weighted by Crippen LogP contribution is 2.47. The SMILES string of the molecule is CC1(C)Cc2ccccc2C(C[C@H]2c3ccccc3O[C@H](C(Cl)(Cl)Cl)[C@H]2[N+](=O)[O-])=N1. The molecule has 0 amide bonds. The van der Waals surface area contributed by atoms with Crippen molar-refractivity contribution in [3.05, 3.63) is 75.3 Å². The predicted octanol–water partition coefficient (Wildman–Crippen LogP) is 5.76. The van der Waals surface area contributed by atoms with Crippen molar-refractivity contribution in [2.24, 2.45) is 4.99 Å². The molecule has 158 valence electrons. The van der Waals surface area contributed by atoms with Gasteiger partial charge < -0.3 is 4.74 Å². The third-order valence-electron chi connectivity index (χ3n) is 5.66. The molecule has 0 saturated heterocycles. The second-order valence-corrected chi connectivity index (χ2v) is 10.8. The number of benzene rings is 2. The number of nitrogens with zero attached hydrogens (tertiary/aromatic N) is 2. The summed E-state index contributed by atoms with van der Waals surface area (Å²) in [5.41, 5.74) is 3.47. The summed E-state index contributed by atoms with van der Waals surface area (Å²) in [5, 5.41) is 12.2. The average Bonchev–Trinajstić information content (AvgIpc) is 2.65. The van der Waals surface area contributed by atoms with Gasteiger partial charge in [-0.3, -0.25) is 15.1 Å². The largest absolute Gasteiger partial charge is 0.478 e. The molecule has 2 aromatic carbocycles. The lowest BCUT2D eigenvalue weighted by Crippen LogP contribution is -2.52. The van der Waals surface area contributed by atoms with Crippen molar-refractivity contribution in [1.82, 2.24) is 0 Å². The van der Waals surface area contributed by atoms with Crippen molar-refractivity contribution in [2.75, 3.05) is 0 Å². The summed E-state index contributed by atoms with van der Waals surface area (Å²) in [4.78, 5) is 16.7. The summed E-state index contributed by atoms with van der Waals surface area (Å²) in [6.45, 7) is 4.13. The van der Waals surface area contributed by atoms with Gasteiger partial charge in [0.15, 0.2) is 0 Å². The summed E-state index contributed by atoms with van der Waals surface area (Å²) < 4.78 is 3.87. The third kappa shape index (κ3) is 4.03. The lowest BCUT2D eigenvalue weighted by atomic mass is 9.78. The minimum atomic E-state index is -1.95. The van der Waals surface area contributed by atoms with Crippen molar-refractivity contribution < 1.29 is 9.66 Å². The molecular formula is C22H21Cl3N2O3. The van der Waals surface area contributed by atoms with Gasteiger partial charge in [-0.2, -0.15) is 0 Å². The van der Waals surface area contributed by atoms with Crippen LogP contribution >= 0.6 is 34.8 Å². The van der Waals surface area contributed by atoms with E-state index in [1.807, 2.05) is 30.3 Å². The number of para-hydroxylation sites is 1. The zero-order valence-corrected chi connectivity index (χ0v) is 18.8. The summed E-state index contributed by atoms with van der Waals surface area (Å²) >= 11 is 18.4. The predicted molar refractivity (Wildman–Crippen MR) is 120 cm³/mol. The normalized spacial score (nSPS) is 24.8. The van der Waals surface area contributed by atoms with Crippen LogP contribution in [0.2, 0.25) is 0 Å². The van der Waals surface area contributed by atoms with E-state index in [1.165, 1.54) is 5.56 Å². The quantitative estimate of drug-likeness (QED) is 0.327. The topological polar surface area (TPSA) is 64.7 Å². The number of hydrogen-bond donors (Lipinski definition) is 0. The Hall–Kier alpha value is -1.82. The number of fused-ring (bicyclic) bond motifs is 2. The Balaban J connectivity index is 1.83. The standard InChI is InChI=1S/C22H21Cl3N2O3/c1-21(2)12-13-7-3-4-8-14(13)17(26-21)11-16-15-9-5-6-10-18(15)30-20(22(23,24)25)19(16)27(28)29/h3-10,16,19-20H,11-12H2,1-2H3/t16-,19-,20-/m0/s1. The van der Waals surface area contributed by atoms with E-state index < -0.39 is 26.8 Å². The molecule has 30 heavy (non-hydrogen) atoms. The first kappa shape index (κ1) is 21.4. The van der Waals surface area contributed by atoms with Crippen LogP contribution in [0.5, 0.6) is 5.75 Å². The molecule has 0 radical (unpaired) electrons. The first-order valence-electron chi connectivity index (χ1n) is 9.69. The van der Waals surface area contributed by atoms with E-state index >= 15 is 0 Å². The van der Waals surface area contributed by atoms with E-state index in [9.17, 15) is 10.1 Å². The van der Waals surface area contributed by atoms with Gasteiger partial charge in [0.2, 0.25) is 9.90 Å². The summed E-state index contributed by atoms with van der Waals surface area (Å²) in [7, 11) is 0. The van der Waals surface area contributed by atoms with Crippen LogP contribution in [0.4, 0.5) is 0 Å². The molecule has 0 spiro atoms. The number of alkyl halides is 3. The van der Waals surface area contributed by atoms with E-state index in [0.29, 0.717) is 12.2 Å². The minimum absolute atomic E-state index is 0.299. The molecule has 0 aromatic heterocycles. The maximum Gasteiger partial charge on any atom is 0.260 e. The van der Waals surface area contributed by atoms with Crippen LogP contribution in [0.3, 0.4) is 0 Å². The summed E-state index contributed by atoms with van der Waals surface area (Å²) in [5.74, 6) is -0.0489. The third-order valence-corrected chi connectivity index (χ3v) is 6.31. The van der Waals surface area contributed by atoms with Crippen molar-refractivity contribution in [1.29, 1.82) is 0 Å². The van der Waals surface area contributed by atoms with E-state index in [-0.39, 0.29) is 5.54 Å². The van der Waals surface area contributed by atoms with E-state index in [2.05, 4.69) is 19.9 Å². The zero-order chi connectivity index (χ0) is 21.7. The smallest absolute Gasteiger partial charge is 0.260 e. The fraction of sp³-hybridized carbons (Fsp3) is 0.409. The summed E-state index contributed by atoms with van der Waals surface area (Å²) in [6.07, 6.45) is -0.0549. The maximum atomic E-state index is 12.2. The molecule has 2 heterocycles. The first-order valence-corrected chi connectivity index (χ1v) is 10.8. The molecule has 0 aliphatic carbocycles. The number of aliphatic imine (C=N–C) groups is 1. The number of ether oxygens (including phenoxy) is 1. The number of nitro groups is 1. The molecule has 0 N–H and O–H groups in total. The Morgan fingerprint density at radius 3 is 2.53 bits per heavy atom. The van der Waals surface area contributed by atoms with Gasteiger partial charge in [-0.05, 0) is 37.5 Å². The molecule has 0 saturated carbocycles. The van der Waals surface area contributed by atoms with Crippen LogP contribution in [-0.4, -0.2) is 32.1 Å². The van der Waals surface area contributed by atoms with Crippen LogP contribution < -0.4 is 4.74 Å². The fourth-order valence-corrected chi connectivity index (χ4v) is 5.02. The van der Waals surface area contributed by atoms with Gasteiger partial charge in [0.05, 0.1) is 11.5 Å². The van der Waals surface area contributed by atoms with E-state index in [0.717, 1.165) is 23.3 Å². The lowest BCUT2D eigenvalue weighted by molar-refractivity contribution is -0.538. The second-order valence-electron chi connectivity index (χ2n) is 8.41. The van der Waals surface area contributed by atoms with Gasteiger partial charge in [0.1, 0.15) is 5.75 Å². The monoisotopic (exact) mass is 466 g/mol. The molecular weight excluding hydrogens is 447 g/mol.